The first-order valence-corrected chi connectivity index (χ1v) is 12.0. The van der Waals surface area contributed by atoms with Crippen molar-refractivity contribution in [2.24, 2.45) is 7.05 Å². The van der Waals surface area contributed by atoms with Crippen molar-refractivity contribution in [3.8, 4) is 16.9 Å². The molecule has 1 atom stereocenters. The number of hydrogen-bond acceptors (Lipinski definition) is 4. The lowest BCUT2D eigenvalue weighted by Crippen LogP contribution is -2.29. The Kier molecular flexibility index (Phi) is 6.61. The smallest absolute Gasteiger partial charge is 0.339 e. The highest BCUT2D eigenvalue weighted by molar-refractivity contribution is 5.80. The maximum absolute atomic E-state index is 12.4. The molecule has 1 saturated carbocycles. The Morgan fingerprint density at radius 2 is 1.91 bits per heavy atom. The summed E-state index contributed by atoms with van der Waals surface area (Å²) in [4.78, 5) is 12.4. The van der Waals surface area contributed by atoms with Crippen LogP contribution in [-0.4, -0.2) is 33.1 Å². The molecule has 0 bridgehead atoms. The van der Waals surface area contributed by atoms with Crippen molar-refractivity contribution in [2.45, 2.75) is 89.8 Å². The third kappa shape index (κ3) is 4.85. The number of nitrogens with zero attached hydrogens (tertiary/aromatic N) is 2. The van der Waals surface area contributed by atoms with Gasteiger partial charge in [-0.3, -0.25) is 4.68 Å². The molecule has 1 aliphatic carbocycles. The van der Waals surface area contributed by atoms with Gasteiger partial charge in [0.1, 0.15) is 5.75 Å². The van der Waals surface area contributed by atoms with E-state index >= 15 is 0 Å². The normalized spacial score (nSPS) is 18.5. The zero-order chi connectivity index (χ0) is 22.9. The monoisotopic (exact) mass is 440 g/mol. The van der Waals surface area contributed by atoms with E-state index in [0.717, 1.165) is 54.9 Å². The van der Waals surface area contributed by atoms with Crippen molar-refractivity contribution >= 4 is 5.97 Å². The van der Waals surface area contributed by atoms with Gasteiger partial charge in [-0.1, -0.05) is 31.7 Å². The minimum absolute atomic E-state index is 0.337. The van der Waals surface area contributed by atoms with Gasteiger partial charge in [0.25, 0.3) is 0 Å². The van der Waals surface area contributed by atoms with Gasteiger partial charge in [-0.2, -0.15) is 5.10 Å². The Bertz CT molecular complexity index is 965. The Morgan fingerprint density at radius 3 is 2.56 bits per heavy atom. The minimum Gasteiger partial charge on any atom is -0.493 e. The van der Waals surface area contributed by atoms with Crippen molar-refractivity contribution in [1.82, 2.24) is 9.78 Å². The van der Waals surface area contributed by atoms with Crippen LogP contribution in [0, 0.1) is 0 Å². The molecule has 32 heavy (non-hydrogen) atoms. The highest BCUT2D eigenvalue weighted by Crippen LogP contribution is 2.43. The van der Waals surface area contributed by atoms with Crippen LogP contribution in [0.15, 0.2) is 18.2 Å². The quantitative estimate of drug-likeness (QED) is 0.596. The summed E-state index contributed by atoms with van der Waals surface area (Å²) in [5.41, 5.74) is 4.17. The van der Waals surface area contributed by atoms with E-state index in [1.54, 1.807) is 4.68 Å². The van der Waals surface area contributed by atoms with Crippen LogP contribution >= 0.6 is 0 Å². The number of hydrogen-bond donors (Lipinski definition) is 1. The molecule has 1 fully saturated rings. The molecular weight excluding hydrogens is 404 g/mol. The number of rotatable bonds is 5. The van der Waals surface area contributed by atoms with E-state index in [2.05, 4.69) is 12.1 Å². The molecule has 0 amide bonds. The molecule has 2 aromatic rings. The summed E-state index contributed by atoms with van der Waals surface area (Å²) in [6.07, 6.45) is 7.96. The third-order valence-electron chi connectivity index (χ3n) is 6.50. The summed E-state index contributed by atoms with van der Waals surface area (Å²) in [7, 11) is 1.85. The summed E-state index contributed by atoms with van der Waals surface area (Å²) in [6, 6.07) is 6.25. The van der Waals surface area contributed by atoms with E-state index in [-0.39, 0.29) is 0 Å². The lowest BCUT2D eigenvalue weighted by atomic mass is 9.88. The third-order valence-corrected chi connectivity index (χ3v) is 6.50. The van der Waals surface area contributed by atoms with Crippen molar-refractivity contribution in [3.63, 3.8) is 0 Å². The Hall–Kier alpha value is -2.34. The number of benzene rings is 1. The van der Waals surface area contributed by atoms with Gasteiger partial charge < -0.3 is 14.6 Å². The van der Waals surface area contributed by atoms with Gasteiger partial charge >= 0.3 is 5.97 Å². The first kappa shape index (κ1) is 22.8. The number of ether oxygens (including phenoxy) is 2. The molecular formula is C26H36N2O4. The number of carboxylic acids is 1. The highest BCUT2D eigenvalue weighted by atomic mass is 16.5. The first-order valence-electron chi connectivity index (χ1n) is 12.0. The summed E-state index contributed by atoms with van der Waals surface area (Å²) >= 11 is 0. The van der Waals surface area contributed by atoms with Crippen LogP contribution in [0.3, 0.4) is 0 Å². The molecule has 1 N–H and O–H groups in total. The van der Waals surface area contributed by atoms with E-state index in [0.29, 0.717) is 11.6 Å². The van der Waals surface area contributed by atoms with Crippen molar-refractivity contribution in [2.75, 3.05) is 6.61 Å². The van der Waals surface area contributed by atoms with Gasteiger partial charge in [0.05, 0.1) is 23.6 Å². The average Bonchev–Trinajstić information content (AvgIpc) is 2.91. The predicted molar refractivity (Wildman–Crippen MR) is 124 cm³/mol. The Morgan fingerprint density at radius 1 is 1.19 bits per heavy atom. The fourth-order valence-electron chi connectivity index (χ4n) is 5.09. The topological polar surface area (TPSA) is 73.6 Å². The van der Waals surface area contributed by atoms with E-state index in [9.17, 15) is 9.90 Å². The molecule has 0 saturated heterocycles. The summed E-state index contributed by atoms with van der Waals surface area (Å²) in [6.45, 7) is 6.42. The largest absolute Gasteiger partial charge is 0.493 e. The fourth-order valence-corrected chi connectivity index (χ4v) is 5.09. The number of carboxylic acid groups (broad SMARTS) is 1. The Labute approximate surface area is 190 Å². The second-order valence-corrected chi connectivity index (χ2v) is 10.2. The molecule has 4 rings (SSSR count). The molecule has 1 unspecified atom stereocenters. The van der Waals surface area contributed by atoms with Crippen LogP contribution in [0.2, 0.25) is 0 Å². The van der Waals surface area contributed by atoms with Gasteiger partial charge in [0.15, 0.2) is 6.10 Å². The van der Waals surface area contributed by atoms with Crippen LogP contribution in [0.1, 0.15) is 94.7 Å². The SMILES string of the molecule is Cn1nc(C2CCCCCC2)c(-c2ccc3c(c2)CCCO3)c1C(OC(C)(C)C)C(=O)O. The van der Waals surface area contributed by atoms with Crippen LogP contribution in [0.25, 0.3) is 11.1 Å². The van der Waals surface area contributed by atoms with Gasteiger partial charge in [-0.25, -0.2) is 4.79 Å². The summed E-state index contributed by atoms with van der Waals surface area (Å²) < 4.78 is 13.7. The molecule has 174 valence electrons. The first-order chi connectivity index (χ1) is 15.2. The average molecular weight is 441 g/mol. The second kappa shape index (κ2) is 9.26. The highest BCUT2D eigenvalue weighted by Gasteiger charge is 2.35. The van der Waals surface area contributed by atoms with Crippen LogP contribution in [0.5, 0.6) is 5.75 Å². The fraction of sp³-hybridized carbons (Fsp3) is 0.615. The maximum Gasteiger partial charge on any atom is 0.339 e. The van der Waals surface area contributed by atoms with E-state index in [4.69, 9.17) is 14.6 Å². The number of fused-ring (bicyclic) bond motifs is 1. The summed E-state index contributed by atoms with van der Waals surface area (Å²) in [5, 5.41) is 15.1. The standard InChI is InChI=1S/C26H36N2O4/c1-26(2,3)32-24(25(29)30)23-21(19-13-14-20-18(16-19)12-9-15-31-20)22(27-28(23)4)17-10-7-5-6-8-11-17/h13-14,16-17,24H,5-12,15H2,1-4H3,(H,29,30). The number of aromatic nitrogens is 2. The predicted octanol–water partition coefficient (Wildman–Crippen LogP) is 5.79. The van der Waals surface area contributed by atoms with Gasteiger partial charge in [-0.15, -0.1) is 0 Å². The second-order valence-electron chi connectivity index (χ2n) is 10.2. The zero-order valence-corrected chi connectivity index (χ0v) is 19.8. The van der Waals surface area contributed by atoms with E-state index in [1.165, 1.54) is 31.2 Å². The molecule has 1 aromatic carbocycles. The van der Waals surface area contributed by atoms with Crippen molar-refractivity contribution < 1.29 is 19.4 Å². The zero-order valence-electron chi connectivity index (χ0n) is 19.8. The molecule has 6 heteroatoms. The van der Waals surface area contributed by atoms with E-state index < -0.39 is 17.7 Å². The molecule has 2 heterocycles. The molecule has 6 nitrogen and oxygen atoms in total. The molecule has 1 aromatic heterocycles. The van der Waals surface area contributed by atoms with Crippen molar-refractivity contribution in [3.05, 3.63) is 35.2 Å². The van der Waals surface area contributed by atoms with Crippen molar-refractivity contribution in [1.29, 1.82) is 0 Å². The molecule has 1 aliphatic heterocycles. The van der Waals surface area contributed by atoms with E-state index in [1.807, 2.05) is 33.9 Å². The lowest BCUT2D eigenvalue weighted by Gasteiger charge is -2.26. The van der Waals surface area contributed by atoms with Gasteiger partial charge in [-0.05, 0) is 69.7 Å². The van der Waals surface area contributed by atoms with Crippen LogP contribution in [0.4, 0.5) is 0 Å². The molecule has 0 radical (unpaired) electrons. The number of aliphatic carboxylic acids is 1. The van der Waals surface area contributed by atoms with Gasteiger partial charge in [0.2, 0.25) is 0 Å². The number of carbonyl (C=O) groups is 1. The Balaban J connectivity index is 1.88. The van der Waals surface area contributed by atoms with Crippen LogP contribution in [-0.2, 0) is 23.0 Å². The summed E-state index contributed by atoms with van der Waals surface area (Å²) in [5.74, 6) is 0.281. The lowest BCUT2D eigenvalue weighted by molar-refractivity contribution is -0.161. The minimum atomic E-state index is -1.09. The van der Waals surface area contributed by atoms with Gasteiger partial charge in [0, 0.05) is 18.5 Å². The molecule has 2 aliphatic rings. The van der Waals surface area contributed by atoms with Crippen LogP contribution < -0.4 is 4.74 Å². The maximum atomic E-state index is 12.4. The number of aryl methyl sites for hydroxylation is 2. The molecule has 0 spiro atoms.